The number of nitrogens with zero attached hydrogens (tertiary/aromatic N) is 1. The minimum Gasteiger partial charge on any atom is -0.334 e. The minimum atomic E-state index is -0.0851. The van der Waals surface area contributed by atoms with Gasteiger partial charge in [0.25, 0.3) is 0 Å². The Labute approximate surface area is 109 Å². The van der Waals surface area contributed by atoms with Crippen LogP contribution >= 0.6 is 0 Å². The highest BCUT2D eigenvalue weighted by Gasteiger charge is 2.38. The summed E-state index contributed by atoms with van der Waals surface area (Å²) in [5.41, 5.74) is 8.53. The quantitative estimate of drug-likeness (QED) is 0.889. The van der Waals surface area contributed by atoms with E-state index in [4.69, 9.17) is 5.73 Å². The Kier molecular flexibility index (Phi) is 3.71. The zero-order valence-electron chi connectivity index (χ0n) is 11.4. The summed E-state index contributed by atoms with van der Waals surface area (Å²) < 4.78 is 0. The molecule has 1 fully saturated rings. The van der Waals surface area contributed by atoms with E-state index in [1.807, 2.05) is 11.0 Å². The van der Waals surface area contributed by atoms with Crippen molar-refractivity contribution >= 4 is 5.91 Å². The highest BCUT2D eigenvalue weighted by Crippen LogP contribution is 2.32. The SMILES string of the molecule is Cc1cccc(C2C(N)CC(=O)N2CC(C)C)c1. The molecule has 98 valence electrons. The molecule has 1 aromatic carbocycles. The van der Waals surface area contributed by atoms with Gasteiger partial charge >= 0.3 is 0 Å². The molecule has 0 saturated carbocycles. The molecule has 0 aromatic heterocycles. The predicted octanol–water partition coefficient (Wildman–Crippen LogP) is 2.25. The Morgan fingerprint density at radius 1 is 1.44 bits per heavy atom. The fourth-order valence-corrected chi connectivity index (χ4v) is 2.71. The number of carbonyl (C=O) groups excluding carboxylic acids is 1. The normalized spacial score (nSPS) is 24.1. The number of benzene rings is 1. The van der Waals surface area contributed by atoms with Gasteiger partial charge < -0.3 is 10.6 Å². The molecule has 0 spiro atoms. The molecule has 1 aromatic rings. The fraction of sp³-hybridized carbons (Fsp3) is 0.533. The summed E-state index contributed by atoms with van der Waals surface area (Å²) in [4.78, 5) is 14.0. The summed E-state index contributed by atoms with van der Waals surface area (Å²) in [6.07, 6.45) is 0.464. The molecular formula is C15H22N2O. The molecule has 1 aliphatic heterocycles. The van der Waals surface area contributed by atoms with Crippen LogP contribution < -0.4 is 5.73 Å². The van der Waals surface area contributed by atoms with Crippen molar-refractivity contribution in [1.82, 2.24) is 4.90 Å². The van der Waals surface area contributed by atoms with Gasteiger partial charge in [0, 0.05) is 19.0 Å². The first-order chi connectivity index (χ1) is 8.49. The third-order valence-electron chi connectivity index (χ3n) is 3.42. The van der Waals surface area contributed by atoms with Crippen LogP contribution in [0.2, 0.25) is 0 Å². The molecule has 2 atom stereocenters. The Bertz CT molecular complexity index is 442. The van der Waals surface area contributed by atoms with E-state index in [0.717, 1.165) is 12.1 Å². The van der Waals surface area contributed by atoms with E-state index < -0.39 is 0 Å². The van der Waals surface area contributed by atoms with Crippen LogP contribution in [-0.2, 0) is 4.79 Å². The van der Waals surface area contributed by atoms with Gasteiger partial charge in [0.15, 0.2) is 0 Å². The monoisotopic (exact) mass is 246 g/mol. The number of rotatable bonds is 3. The number of hydrogen-bond donors (Lipinski definition) is 1. The Balaban J connectivity index is 2.30. The molecule has 0 bridgehead atoms. The topological polar surface area (TPSA) is 46.3 Å². The lowest BCUT2D eigenvalue weighted by Crippen LogP contribution is -2.35. The standard InChI is InChI=1S/C15H22N2O/c1-10(2)9-17-14(18)8-13(16)15(17)12-6-4-5-11(3)7-12/h4-7,10,13,15H,8-9,16H2,1-3H3. The van der Waals surface area contributed by atoms with Crippen molar-refractivity contribution < 1.29 is 4.79 Å². The molecule has 2 N–H and O–H groups in total. The third kappa shape index (κ3) is 2.56. The van der Waals surface area contributed by atoms with E-state index in [2.05, 4.69) is 39.0 Å². The number of hydrogen-bond acceptors (Lipinski definition) is 2. The van der Waals surface area contributed by atoms with Crippen molar-refractivity contribution in [2.45, 2.75) is 39.3 Å². The summed E-state index contributed by atoms with van der Waals surface area (Å²) in [7, 11) is 0. The minimum absolute atomic E-state index is 0.0415. The van der Waals surface area contributed by atoms with Gasteiger partial charge in [-0.15, -0.1) is 0 Å². The summed E-state index contributed by atoms with van der Waals surface area (Å²) in [5.74, 6) is 0.647. The van der Waals surface area contributed by atoms with E-state index in [1.165, 1.54) is 5.56 Å². The molecule has 3 heteroatoms. The van der Waals surface area contributed by atoms with Crippen molar-refractivity contribution in [1.29, 1.82) is 0 Å². The van der Waals surface area contributed by atoms with E-state index in [0.29, 0.717) is 12.3 Å². The second-order valence-electron chi connectivity index (χ2n) is 5.67. The summed E-state index contributed by atoms with van der Waals surface area (Å²) in [5, 5.41) is 0. The molecule has 2 rings (SSSR count). The van der Waals surface area contributed by atoms with Crippen LogP contribution in [0.15, 0.2) is 24.3 Å². The molecule has 1 amide bonds. The number of amides is 1. The molecule has 3 nitrogen and oxygen atoms in total. The second kappa shape index (κ2) is 5.11. The summed E-state index contributed by atoms with van der Waals surface area (Å²) >= 11 is 0. The fourth-order valence-electron chi connectivity index (χ4n) is 2.71. The van der Waals surface area contributed by atoms with E-state index in [-0.39, 0.29) is 18.0 Å². The average Bonchev–Trinajstić information content (AvgIpc) is 2.53. The van der Waals surface area contributed by atoms with Gasteiger partial charge in [0.05, 0.1) is 6.04 Å². The van der Waals surface area contributed by atoms with Crippen molar-refractivity contribution in [3.8, 4) is 0 Å². The lowest BCUT2D eigenvalue weighted by molar-refractivity contribution is -0.129. The third-order valence-corrected chi connectivity index (χ3v) is 3.42. The van der Waals surface area contributed by atoms with Crippen LogP contribution in [0, 0.1) is 12.8 Å². The first-order valence-electron chi connectivity index (χ1n) is 6.60. The molecule has 0 aliphatic carbocycles. The first kappa shape index (κ1) is 13.1. The second-order valence-corrected chi connectivity index (χ2v) is 5.67. The zero-order valence-corrected chi connectivity index (χ0v) is 11.4. The molecule has 0 radical (unpaired) electrons. The smallest absolute Gasteiger partial charge is 0.224 e. The van der Waals surface area contributed by atoms with Crippen molar-refractivity contribution in [2.75, 3.05) is 6.54 Å². The van der Waals surface area contributed by atoms with Gasteiger partial charge in [-0.05, 0) is 18.4 Å². The predicted molar refractivity (Wildman–Crippen MR) is 73.1 cm³/mol. The lowest BCUT2D eigenvalue weighted by atomic mass is 9.98. The van der Waals surface area contributed by atoms with Crippen molar-refractivity contribution in [3.63, 3.8) is 0 Å². The summed E-state index contributed by atoms with van der Waals surface area (Å²) in [6, 6.07) is 8.27. The van der Waals surface area contributed by atoms with E-state index in [1.54, 1.807) is 0 Å². The number of aryl methyl sites for hydroxylation is 1. The molecular weight excluding hydrogens is 224 g/mol. The van der Waals surface area contributed by atoms with Gasteiger partial charge in [-0.3, -0.25) is 4.79 Å². The van der Waals surface area contributed by atoms with Gasteiger partial charge in [-0.25, -0.2) is 0 Å². The van der Waals surface area contributed by atoms with Crippen LogP contribution in [0.4, 0.5) is 0 Å². The Morgan fingerprint density at radius 3 is 2.78 bits per heavy atom. The zero-order chi connectivity index (χ0) is 13.3. The van der Waals surface area contributed by atoms with Crippen molar-refractivity contribution in [2.24, 2.45) is 11.7 Å². The highest BCUT2D eigenvalue weighted by atomic mass is 16.2. The Morgan fingerprint density at radius 2 is 2.17 bits per heavy atom. The first-order valence-corrected chi connectivity index (χ1v) is 6.60. The van der Waals surface area contributed by atoms with E-state index >= 15 is 0 Å². The highest BCUT2D eigenvalue weighted by molar-refractivity contribution is 5.80. The average molecular weight is 246 g/mol. The summed E-state index contributed by atoms with van der Waals surface area (Å²) in [6.45, 7) is 7.11. The largest absolute Gasteiger partial charge is 0.334 e. The lowest BCUT2D eigenvalue weighted by Gasteiger charge is -2.29. The van der Waals surface area contributed by atoms with Gasteiger partial charge in [0.1, 0.15) is 0 Å². The number of nitrogens with two attached hydrogens (primary N) is 1. The maximum atomic E-state index is 12.0. The van der Waals surface area contributed by atoms with Crippen LogP contribution in [0.1, 0.15) is 37.4 Å². The Hall–Kier alpha value is -1.35. The number of carbonyl (C=O) groups is 1. The molecule has 2 unspecified atom stereocenters. The van der Waals surface area contributed by atoms with Crippen molar-refractivity contribution in [3.05, 3.63) is 35.4 Å². The van der Waals surface area contributed by atoms with Gasteiger partial charge in [0.2, 0.25) is 5.91 Å². The maximum absolute atomic E-state index is 12.0. The molecule has 18 heavy (non-hydrogen) atoms. The van der Waals surface area contributed by atoms with Crippen LogP contribution in [0.3, 0.4) is 0 Å². The van der Waals surface area contributed by atoms with Gasteiger partial charge in [-0.2, -0.15) is 0 Å². The maximum Gasteiger partial charge on any atom is 0.224 e. The van der Waals surface area contributed by atoms with Gasteiger partial charge in [-0.1, -0.05) is 43.7 Å². The van der Waals surface area contributed by atoms with E-state index in [9.17, 15) is 4.79 Å². The van der Waals surface area contributed by atoms with Crippen LogP contribution in [0.25, 0.3) is 0 Å². The molecule has 1 aliphatic rings. The molecule has 1 heterocycles. The number of likely N-dealkylation sites (tertiary alicyclic amines) is 1. The van der Waals surface area contributed by atoms with Crippen LogP contribution in [-0.4, -0.2) is 23.4 Å². The van der Waals surface area contributed by atoms with Crippen LogP contribution in [0.5, 0.6) is 0 Å². The molecule has 1 saturated heterocycles.